The molecule has 0 saturated carbocycles. The number of para-hydroxylation sites is 2. The number of thiol groups is 2. The van der Waals surface area contributed by atoms with E-state index in [4.69, 9.17) is 27.6 Å². The van der Waals surface area contributed by atoms with Crippen LogP contribution in [0.1, 0.15) is 62.6 Å². The number of rotatable bonds is 7. The van der Waals surface area contributed by atoms with Gasteiger partial charge in [0.05, 0.1) is 5.03 Å². The highest BCUT2D eigenvalue weighted by molar-refractivity contribution is 7.90. The lowest BCUT2D eigenvalue weighted by molar-refractivity contribution is 0.656. The van der Waals surface area contributed by atoms with Gasteiger partial charge in [-0.25, -0.2) is 0 Å². The molecule has 0 bridgehead atoms. The Bertz CT molecular complexity index is 1310. The highest BCUT2D eigenvalue weighted by atomic mass is 35.5. The summed E-state index contributed by atoms with van der Waals surface area (Å²) in [6, 6.07) is 19.8. The van der Waals surface area contributed by atoms with Crippen molar-refractivity contribution in [2.24, 2.45) is 5.14 Å². The van der Waals surface area contributed by atoms with Crippen LogP contribution in [0.2, 0.25) is 5.02 Å². The maximum Gasteiger partial charge on any atom is 0.143 e. The van der Waals surface area contributed by atoms with E-state index in [0.717, 1.165) is 43.7 Å². The van der Waals surface area contributed by atoms with Gasteiger partial charge in [0.25, 0.3) is 0 Å². The fraction of sp³-hybridized carbons (Fsp3) is 0.267. The van der Waals surface area contributed by atoms with Gasteiger partial charge in [-0.1, -0.05) is 124 Å². The molecule has 192 valence electrons. The van der Waals surface area contributed by atoms with E-state index >= 15 is 0 Å². The Balaban J connectivity index is 0.000000440. The molecule has 4 rings (SSSR count). The smallest absolute Gasteiger partial charge is 0.143 e. The Labute approximate surface area is 236 Å². The molecule has 1 heterocycles. The zero-order chi connectivity index (χ0) is 26.5. The highest BCUT2D eigenvalue weighted by Gasteiger charge is 2.13. The number of allylic oxidation sites excluding steroid dienone is 2. The average Bonchev–Trinajstić information content (AvgIpc) is 3.29. The molecule has 0 radical (unpaired) electrons. The molecule has 0 aliphatic rings. The molecule has 36 heavy (non-hydrogen) atoms. The standard InChI is InChI=1S/C23H16Cl2OS.C7H16.H3NS/c1-14-13-15(9-11-19(14)24)10-12-20(25)23(27)18-7-4-6-17-16-5-2-3-8-21(16)26-22(17)18;1-3-5-7-6-4-2;1-2/h2-13,27H,1H3;3-7H2,1-2H3;2H,1H2/b12-10+,23-20+;;. The molecule has 0 saturated heterocycles. The van der Waals surface area contributed by atoms with Crippen molar-refractivity contribution in [1.82, 2.24) is 0 Å². The number of aryl methyl sites for hydroxylation is 1. The lowest BCUT2D eigenvalue weighted by atomic mass is 10.1. The van der Waals surface area contributed by atoms with Crippen molar-refractivity contribution in [3.8, 4) is 0 Å². The van der Waals surface area contributed by atoms with Gasteiger partial charge >= 0.3 is 0 Å². The van der Waals surface area contributed by atoms with Gasteiger partial charge in [0, 0.05) is 26.3 Å². The molecule has 0 aliphatic heterocycles. The maximum absolute atomic E-state index is 6.53. The molecule has 0 fully saturated rings. The summed E-state index contributed by atoms with van der Waals surface area (Å²) in [5, 5.41) is 7.62. The Morgan fingerprint density at radius 3 is 2.25 bits per heavy atom. The van der Waals surface area contributed by atoms with Gasteiger partial charge in [-0.15, -0.1) is 25.4 Å². The van der Waals surface area contributed by atoms with Gasteiger partial charge in [0.15, 0.2) is 0 Å². The molecule has 2 N–H and O–H groups in total. The molecule has 3 aromatic carbocycles. The predicted octanol–water partition coefficient (Wildman–Crippen LogP) is 10.9. The summed E-state index contributed by atoms with van der Waals surface area (Å²) in [6.07, 6.45) is 10.8. The molecule has 2 nitrogen and oxygen atoms in total. The fourth-order valence-electron chi connectivity index (χ4n) is 3.76. The number of unbranched alkanes of at least 4 members (excludes halogenated alkanes) is 4. The summed E-state index contributed by atoms with van der Waals surface area (Å²) in [4.78, 5) is 0.670. The molecule has 0 amide bonds. The van der Waals surface area contributed by atoms with Crippen LogP contribution < -0.4 is 5.14 Å². The van der Waals surface area contributed by atoms with Crippen molar-refractivity contribution in [3.63, 3.8) is 0 Å². The van der Waals surface area contributed by atoms with Crippen LogP contribution in [-0.4, -0.2) is 0 Å². The third kappa shape index (κ3) is 8.36. The first-order valence-electron chi connectivity index (χ1n) is 12.2. The van der Waals surface area contributed by atoms with Crippen LogP contribution in [0.15, 0.2) is 76.2 Å². The lowest BCUT2D eigenvalue weighted by Crippen LogP contribution is -1.82. The molecular weight excluding hydrogens is 525 g/mol. The van der Waals surface area contributed by atoms with Crippen molar-refractivity contribution in [3.05, 3.63) is 93.5 Å². The number of nitrogens with two attached hydrogens (primary N) is 1. The van der Waals surface area contributed by atoms with E-state index in [9.17, 15) is 0 Å². The van der Waals surface area contributed by atoms with Crippen LogP contribution in [-0.2, 0) is 0 Å². The van der Waals surface area contributed by atoms with Crippen molar-refractivity contribution in [2.45, 2.75) is 52.9 Å². The Kier molecular flexibility index (Phi) is 13.6. The van der Waals surface area contributed by atoms with Crippen LogP contribution in [0.3, 0.4) is 0 Å². The van der Waals surface area contributed by atoms with Gasteiger partial charge in [0.2, 0.25) is 0 Å². The second-order valence-corrected chi connectivity index (χ2v) is 9.64. The minimum atomic E-state index is 0.541. The zero-order valence-electron chi connectivity index (χ0n) is 21.1. The van der Waals surface area contributed by atoms with E-state index in [1.807, 2.05) is 73.7 Å². The minimum absolute atomic E-state index is 0.541. The van der Waals surface area contributed by atoms with Crippen molar-refractivity contribution < 1.29 is 4.42 Å². The molecule has 1 aromatic heterocycles. The molecule has 0 spiro atoms. The fourth-order valence-corrected chi connectivity index (χ4v) is 4.29. The molecule has 0 aliphatic carbocycles. The van der Waals surface area contributed by atoms with E-state index in [1.165, 1.54) is 32.1 Å². The van der Waals surface area contributed by atoms with Crippen molar-refractivity contribution in [2.75, 3.05) is 0 Å². The van der Waals surface area contributed by atoms with Gasteiger partial charge in [-0.2, -0.15) is 0 Å². The maximum atomic E-state index is 6.53. The summed E-state index contributed by atoms with van der Waals surface area (Å²) >= 11 is 20.3. The van der Waals surface area contributed by atoms with E-state index in [2.05, 4.69) is 50.5 Å². The van der Waals surface area contributed by atoms with E-state index in [0.29, 0.717) is 9.94 Å². The highest BCUT2D eigenvalue weighted by Crippen LogP contribution is 2.36. The first-order valence-corrected chi connectivity index (χ1v) is 13.9. The first-order chi connectivity index (χ1) is 17.5. The van der Waals surface area contributed by atoms with Crippen LogP contribution in [0.25, 0.3) is 32.9 Å². The second-order valence-electron chi connectivity index (χ2n) is 8.38. The quantitative estimate of drug-likeness (QED) is 0.120. The number of hydrogen-bond donors (Lipinski definition) is 3. The Morgan fingerprint density at radius 1 is 0.917 bits per heavy atom. The van der Waals surface area contributed by atoms with E-state index < -0.39 is 0 Å². The Hall–Kier alpha value is -1.82. The van der Waals surface area contributed by atoms with Gasteiger partial charge in [0.1, 0.15) is 11.2 Å². The normalized spacial score (nSPS) is 11.7. The van der Waals surface area contributed by atoms with E-state index in [-0.39, 0.29) is 0 Å². The predicted molar refractivity (Wildman–Crippen MR) is 168 cm³/mol. The molecular formula is C30H35Cl2NOS2. The summed E-state index contributed by atoms with van der Waals surface area (Å²) in [5.74, 6) is 0. The monoisotopic (exact) mass is 559 g/mol. The SMILES string of the molecule is CCCCCCC.Cc1cc(/C=C/C(Cl)=C(\S)c2cccc3c2oc2ccccc23)ccc1Cl.NS. The summed E-state index contributed by atoms with van der Waals surface area (Å²) in [7, 11) is 0. The van der Waals surface area contributed by atoms with Crippen LogP contribution >= 0.6 is 48.6 Å². The number of halogens is 2. The first kappa shape index (κ1) is 30.4. The number of benzene rings is 3. The lowest BCUT2D eigenvalue weighted by Gasteiger charge is -2.04. The molecule has 4 aromatic rings. The number of fused-ring (bicyclic) bond motifs is 3. The molecule has 0 unspecified atom stereocenters. The molecule has 6 heteroatoms. The van der Waals surface area contributed by atoms with Crippen LogP contribution in [0.4, 0.5) is 0 Å². The van der Waals surface area contributed by atoms with E-state index in [1.54, 1.807) is 0 Å². The van der Waals surface area contributed by atoms with Crippen LogP contribution in [0, 0.1) is 6.92 Å². The largest absolute Gasteiger partial charge is 0.455 e. The van der Waals surface area contributed by atoms with Gasteiger partial charge in [-0.05, 0) is 36.3 Å². The third-order valence-corrected chi connectivity index (χ3v) is 7.05. The zero-order valence-corrected chi connectivity index (χ0v) is 24.4. The average molecular weight is 561 g/mol. The summed E-state index contributed by atoms with van der Waals surface area (Å²) in [6.45, 7) is 6.47. The van der Waals surface area contributed by atoms with Crippen molar-refractivity contribution in [1.29, 1.82) is 0 Å². The minimum Gasteiger partial charge on any atom is -0.455 e. The van der Waals surface area contributed by atoms with Crippen molar-refractivity contribution >= 4 is 81.6 Å². The summed E-state index contributed by atoms with van der Waals surface area (Å²) in [5.41, 5.74) is 4.56. The number of furan rings is 1. The summed E-state index contributed by atoms with van der Waals surface area (Å²) < 4.78 is 6.07. The van der Waals surface area contributed by atoms with Crippen LogP contribution in [0.5, 0.6) is 0 Å². The Morgan fingerprint density at radius 2 is 1.58 bits per heavy atom. The third-order valence-electron chi connectivity index (χ3n) is 5.70. The second kappa shape index (κ2) is 16.1. The topological polar surface area (TPSA) is 39.2 Å². The van der Waals surface area contributed by atoms with Gasteiger partial charge < -0.3 is 4.42 Å². The van der Waals surface area contributed by atoms with Gasteiger partial charge in [-0.3, -0.25) is 5.14 Å². The number of hydrogen-bond acceptors (Lipinski definition) is 4. The molecule has 0 atom stereocenters.